The van der Waals surface area contributed by atoms with Gasteiger partial charge in [0, 0.05) is 25.9 Å². The number of imide groups is 1. The monoisotopic (exact) mass is 220 g/mol. The predicted octanol–water partition coefficient (Wildman–Crippen LogP) is 1.44. The van der Waals surface area contributed by atoms with Crippen LogP contribution < -0.4 is 5.32 Å². The molecule has 0 heterocycles. The lowest BCUT2D eigenvalue weighted by atomic mass is 10.2. The molecule has 5 heteroatoms. The maximum absolute atomic E-state index is 11.3. The standard InChI is InChI=1S/C9H17ClN2O2/c1-7(2)6-12(3)9(14)11-8(13)4-5-10/h7H,4-6H2,1-3H3,(H,11,13,14). The third-order valence-electron chi connectivity index (χ3n) is 1.55. The summed E-state index contributed by atoms with van der Waals surface area (Å²) in [5.41, 5.74) is 0. The van der Waals surface area contributed by atoms with Crippen molar-refractivity contribution in [3.8, 4) is 0 Å². The number of nitrogens with one attached hydrogen (secondary N) is 1. The molecule has 0 aromatic rings. The second-order valence-corrected chi connectivity index (χ2v) is 3.94. The third-order valence-corrected chi connectivity index (χ3v) is 1.74. The van der Waals surface area contributed by atoms with Crippen LogP contribution in [-0.4, -0.2) is 36.3 Å². The van der Waals surface area contributed by atoms with Crippen LogP contribution in [0.2, 0.25) is 0 Å². The highest BCUT2D eigenvalue weighted by atomic mass is 35.5. The zero-order valence-electron chi connectivity index (χ0n) is 8.84. The van der Waals surface area contributed by atoms with Gasteiger partial charge in [-0.05, 0) is 5.92 Å². The minimum Gasteiger partial charge on any atom is -0.327 e. The van der Waals surface area contributed by atoms with Crippen molar-refractivity contribution < 1.29 is 9.59 Å². The van der Waals surface area contributed by atoms with Crippen molar-refractivity contribution in [1.82, 2.24) is 10.2 Å². The maximum atomic E-state index is 11.3. The van der Waals surface area contributed by atoms with E-state index in [0.29, 0.717) is 12.5 Å². The summed E-state index contributed by atoms with van der Waals surface area (Å²) in [6, 6.07) is -0.367. The number of carbonyl (C=O) groups excluding carboxylic acids is 2. The Morgan fingerprint density at radius 1 is 1.43 bits per heavy atom. The molecule has 0 unspecified atom stereocenters. The van der Waals surface area contributed by atoms with Crippen molar-refractivity contribution in [2.24, 2.45) is 5.92 Å². The molecule has 0 atom stereocenters. The first-order chi connectivity index (χ1) is 6.47. The number of urea groups is 1. The number of rotatable bonds is 4. The molecule has 0 aromatic carbocycles. The quantitative estimate of drug-likeness (QED) is 0.729. The van der Waals surface area contributed by atoms with Gasteiger partial charge in [0.1, 0.15) is 0 Å². The summed E-state index contributed by atoms with van der Waals surface area (Å²) in [4.78, 5) is 23.8. The Hall–Kier alpha value is -0.770. The van der Waals surface area contributed by atoms with E-state index in [0.717, 1.165) is 0 Å². The topological polar surface area (TPSA) is 49.4 Å². The fourth-order valence-corrected chi connectivity index (χ4v) is 1.17. The van der Waals surface area contributed by atoms with Crippen LogP contribution in [0, 0.1) is 5.92 Å². The van der Waals surface area contributed by atoms with E-state index < -0.39 is 0 Å². The molecule has 0 bridgehead atoms. The van der Waals surface area contributed by atoms with E-state index in [2.05, 4.69) is 5.32 Å². The van der Waals surface area contributed by atoms with Gasteiger partial charge in [-0.3, -0.25) is 10.1 Å². The normalized spacial score (nSPS) is 10.1. The van der Waals surface area contributed by atoms with E-state index in [4.69, 9.17) is 11.6 Å². The van der Waals surface area contributed by atoms with Gasteiger partial charge in [0.2, 0.25) is 5.91 Å². The van der Waals surface area contributed by atoms with Gasteiger partial charge in [0.05, 0.1) is 0 Å². The van der Waals surface area contributed by atoms with Crippen molar-refractivity contribution in [1.29, 1.82) is 0 Å². The van der Waals surface area contributed by atoms with E-state index in [1.54, 1.807) is 7.05 Å². The molecule has 14 heavy (non-hydrogen) atoms. The van der Waals surface area contributed by atoms with E-state index in [-0.39, 0.29) is 24.2 Å². The molecule has 0 radical (unpaired) electrons. The Morgan fingerprint density at radius 3 is 2.43 bits per heavy atom. The van der Waals surface area contributed by atoms with Gasteiger partial charge in [0.25, 0.3) is 0 Å². The van der Waals surface area contributed by atoms with Crippen LogP contribution in [0.3, 0.4) is 0 Å². The largest absolute Gasteiger partial charge is 0.327 e. The first kappa shape index (κ1) is 13.2. The molecule has 0 fully saturated rings. The second-order valence-electron chi connectivity index (χ2n) is 3.57. The lowest BCUT2D eigenvalue weighted by Crippen LogP contribution is -2.42. The lowest BCUT2D eigenvalue weighted by Gasteiger charge is -2.19. The van der Waals surface area contributed by atoms with E-state index in [1.165, 1.54) is 4.90 Å². The molecule has 4 nitrogen and oxygen atoms in total. The summed E-state index contributed by atoms with van der Waals surface area (Å²) in [6.07, 6.45) is 0.169. The molecule has 3 amide bonds. The number of hydrogen-bond acceptors (Lipinski definition) is 2. The highest BCUT2D eigenvalue weighted by molar-refractivity contribution is 6.19. The number of nitrogens with zero attached hydrogens (tertiary/aromatic N) is 1. The third kappa shape index (κ3) is 5.80. The molecule has 0 aromatic heterocycles. The summed E-state index contributed by atoms with van der Waals surface area (Å²) in [7, 11) is 1.66. The highest BCUT2D eigenvalue weighted by Crippen LogP contribution is 1.96. The van der Waals surface area contributed by atoms with Crippen molar-refractivity contribution in [2.75, 3.05) is 19.5 Å². The molecule has 82 valence electrons. The number of halogens is 1. The highest BCUT2D eigenvalue weighted by Gasteiger charge is 2.12. The number of carbonyl (C=O) groups is 2. The van der Waals surface area contributed by atoms with Crippen molar-refractivity contribution in [2.45, 2.75) is 20.3 Å². The SMILES string of the molecule is CC(C)CN(C)C(=O)NC(=O)CCCl. The van der Waals surface area contributed by atoms with Crippen LogP contribution in [-0.2, 0) is 4.79 Å². The van der Waals surface area contributed by atoms with Gasteiger partial charge in [-0.2, -0.15) is 0 Å². The Labute approximate surface area is 89.6 Å². The van der Waals surface area contributed by atoms with Crippen LogP contribution in [0.1, 0.15) is 20.3 Å². The van der Waals surface area contributed by atoms with Gasteiger partial charge in [-0.25, -0.2) is 4.79 Å². The van der Waals surface area contributed by atoms with Gasteiger partial charge in [-0.15, -0.1) is 11.6 Å². The lowest BCUT2D eigenvalue weighted by molar-refractivity contribution is -0.119. The molecular formula is C9H17ClN2O2. The zero-order valence-corrected chi connectivity index (χ0v) is 9.60. The summed E-state index contributed by atoms with van der Waals surface area (Å²) in [5.74, 6) is 0.280. The average Bonchev–Trinajstić information content (AvgIpc) is 2.02. The molecule has 1 N–H and O–H groups in total. The fraction of sp³-hybridized carbons (Fsp3) is 0.778. The first-order valence-corrected chi connectivity index (χ1v) is 5.11. The molecule has 0 rings (SSSR count). The number of hydrogen-bond donors (Lipinski definition) is 1. The maximum Gasteiger partial charge on any atom is 0.323 e. The van der Waals surface area contributed by atoms with Crippen LogP contribution in [0.25, 0.3) is 0 Å². The van der Waals surface area contributed by atoms with Gasteiger partial charge in [0.15, 0.2) is 0 Å². The minimum atomic E-state index is -0.367. The summed E-state index contributed by atoms with van der Waals surface area (Å²) in [5, 5.41) is 2.25. The van der Waals surface area contributed by atoms with Crippen LogP contribution >= 0.6 is 11.6 Å². The molecule has 0 saturated carbocycles. The Morgan fingerprint density at radius 2 is 2.00 bits per heavy atom. The van der Waals surface area contributed by atoms with Gasteiger partial charge >= 0.3 is 6.03 Å². The first-order valence-electron chi connectivity index (χ1n) is 4.58. The van der Waals surface area contributed by atoms with Crippen molar-refractivity contribution in [3.05, 3.63) is 0 Å². The van der Waals surface area contributed by atoms with E-state index in [1.807, 2.05) is 13.8 Å². The smallest absolute Gasteiger partial charge is 0.323 e. The zero-order chi connectivity index (χ0) is 11.1. The molecule has 0 aliphatic rings. The van der Waals surface area contributed by atoms with Crippen LogP contribution in [0.5, 0.6) is 0 Å². The van der Waals surface area contributed by atoms with Crippen molar-refractivity contribution in [3.63, 3.8) is 0 Å². The minimum absolute atomic E-state index is 0.169. The van der Waals surface area contributed by atoms with Gasteiger partial charge in [-0.1, -0.05) is 13.8 Å². The summed E-state index contributed by atoms with van der Waals surface area (Å²) in [6.45, 7) is 4.63. The summed E-state index contributed by atoms with van der Waals surface area (Å²) >= 11 is 5.36. The average molecular weight is 221 g/mol. The molecule has 0 aliphatic heterocycles. The number of amides is 3. The Kier molecular flexibility index (Phi) is 6.28. The molecular weight excluding hydrogens is 204 g/mol. The molecule has 0 aliphatic carbocycles. The fourth-order valence-electron chi connectivity index (χ4n) is 0.994. The van der Waals surface area contributed by atoms with E-state index >= 15 is 0 Å². The predicted molar refractivity (Wildman–Crippen MR) is 56.3 cm³/mol. The molecule has 0 spiro atoms. The number of alkyl halides is 1. The van der Waals surface area contributed by atoms with Crippen LogP contribution in [0.4, 0.5) is 4.79 Å². The Balaban J connectivity index is 3.89. The van der Waals surface area contributed by atoms with Crippen LogP contribution in [0.15, 0.2) is 0 Å². The Bertz CT molecular complexity index is 207. The molecule has 0 saturated heterocycles. The summed E-state index contributed by atoms with van der Waals surface area (Å²) < 4.78 is 0. The van der Waals surface area contributed by atoms with E-state index in [9.17, 15) is 9.59 Å². The van der Waals surface area contributed by atoms with Gasteiger partial charge < -0.3 is 4.90 Å². The second kappa shape index (κ2) is 6.65. The van der Waals surface area contributed by atoms with Crippen molar-refractivity contribution >= 4 is 23.5 Å².